The molecular weight excluding hydrogens is 258 g/mol. The highest BCUT2D eigenvalue weighted by atomic mass is 16.4. The van der Waals surface area contributed by atoms with Crippen LogP contribution in [0.15, 0.2) is 0 Å². The fourth-order valence-corrected chi connectivity index (χ4v) is 1.65. The second-order valence-electron chi connectivity index (χ2n) is 5.62. The van der Waals surface area contributed by atoms with Crippen molar-refractivity contribution < 1.29 is 14.7 Å². The number of nitrogens with one attached hydrogen (secondary N) is 2. The molecule has 118 valence electrons. The molecule has 0 spiro atoms. The van der Waals surface area contributed by atoms with Crippen LogP contribution in [-0.4, -0.2) is 54.7 Å². The van der Waals surface area contributed by atoms with E-state index in [0.717, 1.165) is 19.4 Å². The average Bonchev–Trinajstić information content (AvgIpc) is 2.34. The molecule has 0 aromatic heterocycles. The molecule has 0 heterocycles. The van der Waals surface area contributed by atoms with E-state index in [1.165, 1.54) is 0 Å². The number of hydrogen-bond donors (Lipinski definition) is 3. The number of carbonyl (C=O) groups is 2. The highest BCUT2D eigenvalue weighted by Crippen LogP contribution is 1.99. The molecule has 1 unspecified atom stereocenters. The molecule has 0 saturated heterocycles. The first-order valence-corrected chi connectivity index (χ1v) is 7.26. The molecular formula is C14H29N3O3. The van der Waals surface area contributed by atoms with Crippen LogP contribution in [-0.2, 0) is 4.79 Å². The summed E-state index contributed by atoms with van der Waals surface area (Å²) in [6, 6.07) is 0.321. The first kappa shape index (κ1) is 18.7. The number of unbranched alkanes of at least 4 members (excludes halogenated alkanes) is 1. The largest absolute Gasteiger partial charge is 0.481 e. The Bertz CT molecular complexity index is 295. The minimum atomic E-state index is -0.839. The first-order valence-electron chi connectivity index (χ1n) is 7.26. The summed E-state index contributed by atoms with van der Waals surface area (Å²) in [6.45, 7) is 8.17. The number of amides is 2. The Balaban J connectivity index is 3.52. The molecule has 2 amide bonds. The van der Waals surface area contributed by atoms with Gasteiger partial charge in [0.2, 0.25) is 0 Å². The van der Waals surface area contributed by atoms with Crippen molar-refractivity contribution in [1.82, 2.24) is 15.5 Å². The van der Waals surface area contributed by atoms with Crippen LogP contribution in [0, 0.1) is 5.92 Å². The summed E-state index contributed by atoms with van der Waals surface area (Å²) in [5, 5.41) is 14.1. The van der Waals surface area contributed by atoms with Gasteiger partial charge in [0.15, 0.2) is 0 Å². The summed E-state index contributed by atoms with van der Waals surface area (Å²) in [6.07, 6.45) is 2.06. The van der Waals surface area contributed by atoms with Gasteiger partial charge >= 0.3 is 12.0 Å². The maximum absolute atomic E-state index is 11.5. The molecule has 6 heteroatoms. The third-order valence-electron chi connectivity index (χ3n) is 3.24. The van der Waals surface area contributed by atoms with Crippen molar-refractivity contribution in [3.05, 3.63) is 0 Å². The van der Waals surface area contributed by atoms with Crippen LogP contribution in [0.25, 0.3) is 0 Å². The summed E-state index contributed by atoms with van der Waals surface area (Å²) in [5.74, 6) is -0.896. The molecule has 0 aliphatic carbocycles. The predicted octanol–water partition coefficient (Wildman–Crippen LogP) is 1.52. The van der Waals surface area contributed by atoms with Crippen molar-refractivity contribution in [3.63, 3.8) is 0 Å². The molecule has 6 nitrogen and oxygen atoms in total. The van der Waals surface area contributed by atoms with Crippen molar-refractivity contribution in [2.24, 2.45) is 5.92 Å². The van der Waals surface area contributed by atoms with Crippen molar-refractivity contribution >= 4 is 12.0 Å². The zero-order valence-corrected chi connectivity index (χ0v) is 13.1. The zero-order chi connectivity index (χ0) is 15.5. The first-order chi connectivity index (χ1) is 9.32. The lowest BCUT2D eigenvalue weighted by Crippen LogP contribution is -2.38. The van der Waals surface area contributed by atoms with Crippen LogP contribution >= 0.6 is 0 Å². The quantitative estimate of drug-likeness (QED) is 0.532. The molecule has 0 aliphatic rings. The maximum Gasteiger partial charge on any atom is 0.314 e. The molecule has 20 heavy (non-hydrogen) atoms. The standard InChI is InChI=1S/C14H29N3O3/c1-11(2)17(4)8-6-5-7-15-14(20)16-10-12(3)9-13(18)19/h11-12H,5-10H2,1-4H3,(H,18,19)(H2,15,16,20). The molecule has 0 aromatic carbocycles. The van der Waals surface area contributed by atoms with Crippen LogP contribution in [0.4, 0.5) is 4.79 Å². The molecule has 0 aliphatic heterocycles. The molecule has 0 rings (SSSR count). The molecule has 1 atom stereocenters. The predicted molar refractivity (Wildman–Crippen MR) is 79.8 cm³/mol. The fourth-order valence-electron chi connectivity index (χ4n) is 1.65. The Morgan fingerprint density at radius 2 is 1.80 bits per heavy atom. The summed E-state index contributed by atoms with van der Waals surface area (Å²) >= 11 is 0. The number of hydrogen-bond acceptors (Lipinski definition) is 3. The van der Waals surface area contributed by atoms with Crippen molar-refractivity contribution in [2.45, 2.75) is 46.1 Å². The Morgan fingerprint density at radius 1 is 1.15 bits per heavy atom. The van der Waals surface area contributed by atoms with Gasteiger partial charge in [-0.2, -0.15) is 0 Å². The van der Waals surface area contributed by atoms with Crippen molar-refractivity contribution in [3.8, 4) is 0 Å². The minimum Gasteiger partial charge on any atom is -0.481 e. The van der Waals surface area contributed by atoms with E-state index in [-0.39, 0.29) is 18.4 Å². The molecule has 3 N–H and O–H groups in total. The average molecular weight is 287 g/mol. The van der Waals surface area contributed by atoms with Crippen molar-refractivity contribution in [2.75, 3.05) is 26.7 Å². The summed E-state index contributed by atoms with van der Waals surface area (Å²) < 4.78 is 0. The van der Waals surface area contributed by atoms with Gasteiger partial charge in [-0.05, 0) is 46.2 Å². The van der Waals surface area contributed by atoms with Gasteiger partial charge in [-0.1, -0.05) is 6.92 Å². The monoisotopic (exact) mass is 287 g/mol. The van der Waals surface area contributed by atoms with E-state index in [2.05, 4.69) is 36.4 Å². The Kier molecular flexibility index (Phi) is 9.80. The summed E-state index contributed by atoms with van der Waals surface area (Å²) in [7, 11) is 2.09. The SMILES string of the molecule is CC(CNC(=O)NCCCCN(C)C(C)C)CC(=O)O. The van der Waals surface area contributed by atoms with E-state index in [9.17, 15) is 9.59 Å². The molecule has 0 radical (unpaired) electrons. The zero-order valence-electron chi connectivity index (χ0n) is 13.1. The van der Waals surface area contributed by atoms with Gasteiger partial charge in [-0.15, -0.1) is 0 Å². The smallest absolute Gasteiger partial charge is 0.314 e. The third-order valence-corrected chi connectivity index (χ3v) is 3.24. The lowest BCUT2D eigenvalue weighted by atomic mass is 10.1. The molecule has 0 fully saturated rings. The number of rotatable bonds is 10. The van der Waals surface area contributed by atoms with Gasteiger partial charge in [0.25, 0.3) is 0 Å². The number of nitrogens with zero attached hydrogens (tertiary/aromatic N) is 1. The van der Waals surface area contributed by atoms with Crippen LogP contribution in [0.2, 0.25) is 0 Å². The van der Waals surface area contributed by atoms with Crippen LogP contribution in [0.1, 0.15) is 40.0 Å². The number of aliphatic carboxylic acids is 1. The van der Waals surface area contributed by atoms with Gasteiger partial charge in [0.05, 0.1) is 0 Å². The lowest BCUT2D eigenvalue weighted by Gasteiger charge is -2.20. The van der Waals surface area contributed by atoms with E-state index >= 15 is 0 Å². The van der Waals surface area contributed by atoms with E-state index in [1.54, 1.807) is 6.92 Å². The maximum atomic E-state index is 11.5. The minimum absolute atomic E-state index is 0.0575. The molecule has 0 bridgehead atoms. The highest BCUT2D eigenvalue weighted by molar-refractivity contribution is 5.73. The van der Waals surface area contributed by atoms with E-state index in [0.29, 0.717) is 19.1 Å². The Labute approximate surface area is 121 Å². The van der Waals surface area contributed by atoms with Gasteiger partial charge < -0.3 is 20.6 Å². The lowest BCUT2D eigenvalue weighted by molar-refractivity contribution is -0.137. The topological polar surface area (TPSA) is 81.7 Å². The molecule has 0 saturated carbocycles. The van der Waals surface area contributed by atoms with Crippen molar-refractivity contribution in [1.29, 1.82) is 0 Å². The summed E-state index contributed by atoms with van der Waals surface area (Å²) in [4.78, 5) is 24.2. The van der Waals surface area contributed by atoms with Gasteiger partial charge in [0.1, 0.15) is 0 Å². The van der Waals surface area contributed by atoms with Crippen LogP contribution in [0.5, 0.6) is 0 Å². The van der Waals surface area contributed by atoms with Gasteiger partial charge in [0, 0.05) is 25.6 Å². The third kappa shape index (κ3) is 10.6. The number of carboxylic acid groups (broad SMARTS) is 1. The van der Waals surface area contributed by atoms with Gasteiger partial charge in [-0.3, -0.25) is 4.79 Å². The highest BCUT2D eigenvalue weighted by Gasteiger charge is 2.09. The number of carbonyl (C=O) groups excluding carboxylic acids is 1. The molecule has 0 aromatic rings. The number of urea groups is 1. The summed E-state index contributed by atoms with van der Waals surface area (Å²) in [5.41, 5.74) is 0. The van der Waals surface area contributed by atoms with E-state index in [4.69, 9.17) is 5.11 Å². The Morgan fingerprint density at radius 3 is 2.35 bits per heavy atom. The van der Waals surface area contributed by atoms with Crippen LogP contribution < -0.4 is 10.6 Å². The normalized spacial score (nSPS) is 12.5. The number of carboxylic acids is 1. The van der Waals surface area contributed by atoms with Gasteiger partial charge in [-0.25, -0.2) is 4.79 Å². The van der Waals surface area contributed by atoms with E-state index < -0.39 is 5.97 Å². The second kappa shape index (κ2) is 10.5. The van der Waals surface area contributed by atoms with Crippen LogP contribution in [0.3, 0.4) is 0 Å². The van der Waals surface area contributed by atoms with E-state index in [1.807, 2.05) is 0 Å². The fraction of sp³-hybridized carbons (Fsp3) is 0.857. The Hall–Kier alpha value is -1.30. The second-order valence-corrected chi connectivity index (χ2v) is 5.62.